The molecular weight excluding hydrogens is 396 g/mol. The molecule has 30 heavy (non-hydrogen) atoms. The number of fused-ring (bicyclic) bond motifs is 1. The Hall–Kier alpha value is -2.03. The minimum Gasteiger partial charge on any atom is -0.357 e. The van der Waals surface area contributed by atoms with E-state index in [1.807, 2.05) is 10.9 Å². The van der Waals surface area contributed by atoms with E-state index in [2.05, 4.69) is 44.1 Å². The Bertz CT molecular complexity index is 1040. The Morgan fingerprint density at radius 1 is 1.20 bits per heavy atom. The van der Waals surface area contributed by atoms with Crippen LogP contribution in [0.3, 0.4) is 0 Å². The normalized spacial score (nSPS) is 23.6. The van der Waals surface area contributed by atoms with Crippen LogP contribution in [0.15, 0.2) is 24.8 Å². The monoisotopic (exact) mass is 424 g/mol. The molecule has 8 heteroatoms. The summed E-state index contributed by atoms with van der Waals surface area (Å²) in [6.45, 7) is 8.56. The summed E-state index contributed by atoms with van der Waals surface area (Å²) in [5, 5.41) is 5.78. The molecule has 1 unspecified atom stereocenters. The van der Waals surface area contributed by atoms with Crippen molar-refractivity contribution in [1.82, 2.24) is 24.6 Å². The second-order valence-electron chi connectivity index (χ2n) is 9.13. The highest BCUT2D eigenvalue weighted by molar-refractivity contribution is 7.18. The van der Waals surface area contributed by atoms with Gasteiger partial charge >= 0.3 is 0 Å². The molecule has 6 heterocycles. The average molecular weight is 425 g/mol. The van der Waals surface area contributed by atoms with E-state index >= 15 is 0 Å². The molecule has 3 aliphatic rings. The molecule has 7 nitrogen and oxygen atoms in total. The van der Waals surface area contributed by atoms with Gasteiger partial charge in [-0.25, -0.2) is 14.6 Å². The lowest BCUT2D eigenvalue weighted by molar-refractivity contribution is -0.0399. The summed E-state index contributed by atoms with van der Waals surface area (Å²) in [6.07, 6.45) is 10.6. The summed E-state index contributed by atoms with van der Waals surface area (Å²) in [7, 11) is 0. The van der Waals surface area contributed by atoms with Gasteiger partial charge in [0, 0.05) is 61.4 Å². The zero-order valence-electron chi connectivity index (χ0n) is 17.5. The highest BCUT2D eigenvalue weighted by Crippen LogP contribution is 2.44. The molecule has 1 spiro atoms. The highest BCUT2D eigenvalue weighted by atomic mass is 32.1. The van der Waals surface area contributed by atoms with Crippen molar-refractivity contribution in [3.05, 3.63) is 35.2 Å². The van der Waals surface area contributed by atoms with Gasteiger partial charge in [-0.05, 0) is 31.7 Å². The Kier molecular flexibility index (Phi) is 4.54. The van der Waals surface area contributed by atoms with Gasteiger partial charge in [-0.3, -0.25) is 4.90 Å². The predicted octanol–water partition coefficient (Wildman–Crippen LogP) is 3.47. The van der Waals surface area contributed by atoms with Crippen molar-refractivity contribution in [2.45, 2.75) is 45.4 Å². The van der Waals surface area contributed by atoms with Crippen LogP contribution >= 0.6 is 11.3 Å². The van der Waals surface area contributed by atoms with Gasteiger partial charge in [-0.2, -0.15) is 5.10 Å². The summed E-state index contributed by atoms with van der Waals surface area (Å²) in [5.74, 6) is 1.12. The van der Waals surface area contributed by atoms with E-state index in [0.29, 0.717) is 5.41 Å². The maximum atomic E-state index is 5.85. The third kappa shape index (κ3) is 3.21. The highest BCUT2D eigenvalue weighted by Gasteiger charge is 2.52. The summed E-state index contributed by atoms with van der Waals surface area (Å²) < 4.78 is 7.86. The molecule has 0 aromatic carbocycles. The quantitative estimate of drug-likeness (QED) is 0.625. The van der Waals surface area contributed by atoms with Crippen LogP contribution in [0.25, 0.3) is 10.2 Å². The van der Waals surface area contributed by atoms with Crippen molar-refractivity contribution in [2.24, 2.45) is 5.41 Å². The summed E-state index contributed by atoms with van der Waals surface area (Å²) >= 11 is 1.79. The number of thiophene rings is 1. The number of nitrogens with zero attached hydrogens (tertiary/aromatic N) is 6. The van der Waals surface area contributed by atoms with Crippen LogP contribution in [-0.4, -0.2) is 57.4 Å². The first kappa shape index (κ1) is 18.7. The smallest absolute Gasteiger partial charge is 0.150 e. The lowest BCUT2D eigenvalue weighted by Crippen LogP contribution is -2.72. The lowest BCUT2D eigenvalue weighted by Gasteiger charge is -2.60. The van der Waals surface area contributed by atoms with Gasteiger partial charge in [0.25, 0.3) is 0 Å². The van der Waals surface area contributed by atoms with Crippen molar-refractivity contribution in [3.8, 4) is 0 Å². The molecule has 1 atom stereocenters. The molecule has 3 fully saturated rings. The summed E-state index contributed by atoms with van der Waals surface area (Å²) in [6, 6.07) is 2.28. The van der Waals surface area contributed by atoms with Crippen LogP contribution in [0, 0.1) is 5.41 Å². The topological polar surface area (TPSA) is 59.3 Å². The van der Waals surface area contributed by atoms with Gasteiger partial charge in [-0.15, -0.1) is 11.3 Å². The van der Waals surface area contributed by atoms with Gasteiger partial charge in [0.1, 0.15) is 23.2 Å². The molecule has 0 aliphatic carbocycles. The SMILES string of the molecule is CCc1cc2c(N3CC4(CN(Cc5cnn(C6CCCCO6)c5)C4)C3)ncnc2s1. The fraction of sp³-hybridized carbons (Fsp3) is 0.591. The molecule has 0 saturated carbocycles. The van der Waals surface area contributed by atoms with E-state index in [9.17, 15) is 0 Å². The van der Waals surface area contributed by atoms with Gasteiger partial charge in [-0.1, -0.05) is 6.92 Å². The molecule has 3 saturated heterocycles. The molecule has 3 aliphatic heterocycles. The Labute approximate surface area is 180 Å². The number of rotatable bonds is 5. The van der Waals surface area contributed by atoms with Crippen molar-refractivity contribution < 1.29 is 4.74 Å². The van der Waals surface area contributed by atoms with E-state index < -0.39 is 0 Å². The van der Waals surface area contributed by atoms with Crippen molar-refractivity contribution in [3.63, 3.8) is 0 Å². The summed E-state index contributed by atoms with van der Waals surface area (Å²) in [4.78, 5) is 16.6. The third-order valence-electron chi connectivity index (χ3n) is 6.69. The van der Waals surface area contributed by atoms with E-state index in [-0.39, 0.29) is 6.23 Å². The fourth-order valence-corrected chi connectivity index (χ4v) is 6.18. The number of anilines is 1. The standard InChI is InChI=1S/C22H28N6OS/c1-2-17-7-18-20(23-15-24-21(18)30-17)27-13-22(14-27)11-26(12-22)9-16-8-25-28(10-16)19-5-3-4-6-29-19/h7-8,10,15,19H,2-6,9,11-14H2,1H3. The van der Waals surface area contributed by atoms with E-state index in [1.54, 1.807) is 17.7 Å². The van der Waals surface area contributed by atoms with Gasteiger partial charge in [0.15, 0.2) is 0 Å². The average Bonchev–Trinajstić information content (AvgIpc) is 3.36. The van der Waals surface area contributed by atoms with E-state index in [1.165, 1.54) is 28.7 Å². The fourth-order valence-electron chi connectivity index (χ4n) is 5.25. The third-order valence-corrected chi connectivity index (χ3v) is 7.88. The Morgan fingerprint density at radius 2 is 2.10 bits per heavy atom. The molecule has 158 valence electrons. The van der Waals surface area contributed by atoms with Crippen LogP contribution in [0.5, 0.6) is 0 Å². The largest absolute Gasteiger partial charge is 0.357 e. The van der Waals surface area contributed by atoms with Crippen molar-refractivity contribution >= 4 is 27.4 Å². The second kappa shape index (κ2) is 7.28. The zero-order valence-corrected chi connectivity index (χ0v) is 18.3. The van der Waals surface area contributed by atoms with E-state index in [4.69, 9.17) is 4.74 Å². The maximum Gasteiger partial charge on any atom is 0.150 e. The molecule has 0 amide bonds. The van der Waals surface area contributed by atoms with E-state index in [0.717, 1.165) is 62.8 Å². The van der Waals surface area contributed by atoms with Gasteiger partial charge in [0.05, 0.1) is 11.6 Å². The van der Waals surface area contributed by atoms with Gasteiger partial charge < -0.3 is 9.64 Å². The minimum atomic E-state index is 0.130. The van der Waals surface area contributed by atoms with Crippen LogP contribution < -0.4 is 4.90 Å². The molecule has 6 rings (SSSR count). The maximum absolute atomic E-state index is 5.85. The minimum absolute atomic E-state index is 0.130. The molecule has 0 bridgehead atoms. The molecule has 3 aromatic rings. The number of hydrogen-bond acceptors (Lipinski definition) is 7. The lowest BCUT2D eigenvalue weighted by atomic mass is 9.72. The van der Waals surface area contributed by atoms with Gasteiger partial charge in [0.2, 0.25) is 0 Å². The van der Waals surface area contributed by atoms with Crippen LogP contribution in [-0.2, 0) is 17.7 Å². The van der Waals surface area contributed by atoms with Crippen LogP contribution in [0.1, 0.15) is 42.9 Å². The van der Waals surface area contributed by atoms with Crippen molar-refractivity contribution in [2.75, 3.05) is 37.7 Å². The zero-order chi connectivity index (χ0) is 20.1. The molecule has 0 radical (unpaired) electrons. The Balaban J connectivity index is 1.05. The first-order chi connectivity index (χ1) is 14.7. The number of ether oxygens (including phenoxy) is 1. The van der Waals surface area contributed by atoms with Crippen LogP contribution in [0.2, 0.25) is 0 Å². The predicted molar refractivity (Wildman–Crippen MR) is 118 cm³/mol. The van der Waals surface area contributed by atoms with Crippen LogP contribution in [0.4, 0.5) is 5.82 Å². The van der Waals surface area contributed by atoms with Crippen molar-refractivity contribution in [1.29, 1.82) is 0 Å². The first-order valence-corrected chi connectivity index (χ1v) is 11.9. The number of aromatic nitrogens is 4. The molecule has 0 N–H and O–H groups in total. The first-order valence-electron chi connectivity index (χ1n) is 11.1. The molecular formula is C22H28N6OS. The number of hydrogen-bond donors (Lipinski definition) is 0. The number of aryl methyl sites for hydroxylation is 1. The molecule has 3 aromatic heterocycles. The number of likely N-dealkylation sites (tertiary alicyclic amines) is 1. The summed E-state index contributed by atoms with van der Waals surface area (Å²) in [5.41, 5.74) is 1.72. The Morgan fingerprint density at radius 3 is 2.90 bits per heavy atom. The second-order valence-corrected chi connectivity index (χ2v) is 10.2.